The van der Waals surface area contributed by atoms with Crippen LogP contribution in [0.5, 0.6) is 0 Å². The monoisotopic (exact) mass is 242 g/mol. The molecule has 3 heteroatoms. The molecule has 2 heterocycles. The highest BCUT2D eigenvalue weighted by Crippen LogP contribution is 2.37. The van der Waals surface area contributed by atoms with Crippen molar-refractivity contribution in [2.75, 3.05) is 11.9 Å². The third kappa shape index (κ3) is 1.80. The van der Waals surface area contributed by atoms with E-state index in [1.807, 2.05) is 17.0 Å². The summed E-state index contributed by atoms with van der Waals surface area (Å²) in [5, 5.41) is 3.49. The Hall–Kier alpha value is -1.77. The summed E-state index contributed by atoms with van der Waals surface area (Å²) in [7, 11) is 0. The number of fused-ring (bicyclic) bond motifs is 1. The molecule has 3 nitrogen and oxygen atoms in total. The third-order valence-corrected chi connectivity index (χ3v) is 3.52. The van der Waals surface area contributed by atoms with Gasteiger partial charge in [0.05, 0.1) is 11.2 Å². The van der Waals surface area contributed by atoms with Crippen LogP contribution in [0.2, 0.25) is 0 Å². The van der Waals surface area contributed by atoms with E-state index in [1.54, 1.807) is 0 Å². The summed E-state index contributed by atoms with van der Waals surface area (Å²) in [6.07, 6.45) is 3.80. The molecule has 1 amide bonds. The minimum atomic E-state index is -0.118. The van der Waals surface area contributed by atoms with E-state index in [4.69, 9.17) is 0 Å². The first-order chi connectivity index (χ1) is 8.57. The summed E-state index contributed by atoms with van der Waals surface area (Å²) in [6.45, 7) is 5.10. The van der Waals surface area contributed by atoms with Crippen LogP contribution in [0.4, 0.5) is 5.69 Å². The topological polar surface area (TPSA) is 32.3 Å². The SMILES string of the molecule is CC1(C)C=C(N2CCCC2=O)c2ccccc2N1. The minimum Gasteiger partial charge on any atom is -0.376 e. The Kier molecular flexibility index (Phi) is 2.44. The fourth-order valence-corrected chi connectivity index (χ4v) is 2.74. The first-order valence-electron chi connectivity index (χ1n) is 6.48. The first kappa shape index (κ1) is 11.3. The fraction of sp³-hybridized carbons (Fsp3) is 0.400. The molecule has 0 saturated carbocycles. The van der Waals surface area contributed by atoms with Crippen LogP contribution in [0.3, 0.4) is 0 Å². The Morgan fingerprint density at radius 1 is 1.28 bits per heavy atom. The van der Waals surface area contributed by atoms with Crippen molar-refractivity contribution < 1.29 is 4.79 Å². The molecule has 0 aromatic heterocycles. The fourth-order valence-electron chi connectivity index (χ4n) is 2.74. The van der Waals surface area contributed by atoms with Crippen molar-refractivity contribution >= 4 is 17.3 Å². The van der Waals surface area contributed by atoms with Crippen molar-refractivity contribution in [2.24, 2.45) is 0 Å². The lowest BCUT2D eigenvalue weighted by Crippen LogP contribution is -2.35. The molecule has 1 N–H and O–H groups in total. The van der Waals surface area contributed by atoms with Gasteiger partial charge in [-0.1, -0.05) is 18.2 Å². The van der Waals surface area contributed by atoms with Crippen LogP contribution in [-0.2, 0) is 4.79 Å². The van der Waals surface area contributed by atoms with E-state index in [0.29, 0.717) is 6.42 Å². The lowest BCUT2D eigenvalue weighted by Gasteiger charge is -2.35. The molecule has 1 saturated heterocycles. The molecular weight excluding hydrogens is 224 g/mol. The lowest BCUT2D eigenvalue weighted by atomic mass is 9.93. The maximum absolute atomic E-state index is 12.0. The summed E-state index contributed by atoms with van der Waals surface area (Å²) < 4.78 is 0. The van der Waals surface area contributed by atoms with Crippen LogP contribution in [0.25, 0.3) is 5.70 Å². The zero-order valence-corrected chi connectivity index (χ0v) is 10.9. The molecule has 2 aliphatic rings. The van der Waals surface area contributed by atoms with Gasteiger partial charge in [0.2, 0.25) is 5.91 Å². The smallest absolute Gasteiger partial charge is 0.227 e. The van der Waals surface area contributed by atoms with Gasteiger partial charge in [0.1, 0.15) is 0 Å². The summed E-state index contributed by atoms with van der Waals surface area (Å²) in [5.41, 5.74) is 3.19. The molecule has 0 spiro atoms. The molecule has 0 atom stereocenters. The lowest BCUT2D eigenvalue weighted by molar-refractivity contribution is -0.124. The number of carbonyl (C=O) groups excluding carboxylic acids is 1. The number of rotatable bonds is 1. The largest absolute Gasteiger partial charge is 0.376 e. The highest BCUT2D eigenvalue weighted by Gasteiger charge is 2.31. The predicted molar refractivity (Wildman–Crippen MR) is 73.1 cm³/mol. The number of carbonyl (C=O) groups is 1. The Bertz CT molecular complexity index is 531. The Labute approximate surface area is 107 Å². The number of nitrogens with zero attached hydrogens (tertiary/aromatic N) is 1. The molecule has 3 rings (SSSR count). The number of anilines is 1. The van der Waals surface area contributed by atoms with Gasteiger partial charge in [-0.3, -0.25) is 4.79 Å². The standard InChI is InChI=1S/C15H18N2O/c1-15(2)10-13(17-9-5-8-14(17)18)11-6-3-4-7-12(11)16-15/h3-4,6-7,10,16H,5,8-9H2,1-2H3. The molecule has 0 radical (unpaired) electrons. The average Bonchev–Trinajstić information content (AvgIpc) is 2.73. The number of hydrogen-bond donors (Lipinski definition) is 1. The predicted octanol–water partition coefficient (Wildman–Crippen LogP) is 2.85. The highest BCUT2D eigenvalue weighted by molar-refractivity contribution is 5.92. The van der Waals surface area contributed by atoms with Crippen molar-refractivity contribution in [2.45, 2.75) is 32.2 Å². The summed E-state index contributed by atoms with van der Waals surface area (Å²) in [4.78, 5) is 13.9. The molecule has 1 fully saturated rings. The van der Waals surface area contributed by atoms with Crippen molar-refractivity contribution in [1.29, 1.82) is 0 Å². The van der Waals surface area contributed by atoms with Crippen LogP contribution in [0.15, 0.2) is 30.3 Å². The maximum atomic E-state index is 12.0. The second-order valence-corrected chi connectivity index (χ2v) is 5.57. The zero-order valence-electron chi connectivity index (χ0n) is 10.9. The van der Waals surface area contributed by atoms with Gasteiger partial charge in [0.25, 0.3) is 0 Å². The molecule has 0 bridgehead atoms. The first-order valence-corrected chi connectivity index (χ1v) is 6.48. The highest BCUT2D eigenvalue weighted by atomic mass is 16.2. The van der Waals surface area contributed by atoms with Crippen molar-refractivity contribution in [3.63, 3.8) is 0 Å². The van der Waals surface area contributed by atoms with Crippen molar-refractivity contribution in [3.05, 3.63) is 35.9 Å². The van der Waals surface area contributed by atoms with Crippen LogP contribution < -0.4 is 5.32 Å². The average molecular weight is 242 g/mol. The second-order valence-electron chi connectivity index (χ2n) is 5.57. The van der Waals surface area contributed by atoms with E-state index >= 15 is 0 Å². The van der Waals surface area contributed by atoms with Crippen molar-refractivity contribution in [1.82, 2.24) is 4.90 Å². The van der Waals surface area contributed by atoms with Crippen LogP contribution in [0, 0.1) is 0 Å². The molecule has 18 heavy (non-hydrogen) atoms. The molecule has 1 aromatic carbocycles. The molecular formula is C15H18N2O. The van der Waals surface area contributed by atoms with E-state index < -0.39 is 0 Å². The number of amides is 1. The van der Waals surface area contributed by atoms with E-state index in [9.17, 15) is 4.79 Å². The minimum absolute atomic E-state index is 0.118. The van der Waals surface area contributed by atoms with Gasteiger partial charge in [0.15, 0.2) is 0 Å². The van der Waals surface area contributed by atoms with Crippen LogP contribution in [-0.4, -0.2) is 22.9 Å². The number of benzene rings is 1. The van der Waals surface area contributed by atoms with Gasteiger partial charge >= 0.3 is 0 Å². The normalized spacial score (nSPS) is 21.3. The van der Waals surface area contributed by atoms with Gasteiger partial charge < -0.3 is 10.2 Å². The van der Waals surface area contributed by atoms with Crippen LogP contribution in [0.1, 0.15) is 32.3 Å². The van der Waals surface area contributed by atoms with E-state index in [0.717, 1.165) is 29.9 Å². The molecule has 0 unspecified atom stereocenters. The van der Waals surface area contributed by atoms with Gasteiger partial charge in [-0.25, -0.2) is 0 Å². The molecule has 1 aromatic rings. The zero-order chi connectivity index (χ0) is 12.8. The molecule has 2 aliphatic heterocycles. The summed E-state index contributed by atoms with van der Waals surface area (Å²) >= 11 is 0. The van der Waals surface area contributed by atoms with E-state index in [-0.39, 0.29) is 11.4 Å². The molecule has 0 aliphatic carbocycles. The number of likely N-dealkylation sites (tertiary alicyclic amines) is 1. The quantitative estimate of drug-likeness (QED) is 0.821. The van der Waals surface area contributed by atoms with Crippen molar-refractivity contribution in [3.8, 4) is 0 Å². The Morgan fingerprint density at radius 3 is 2.78 bits per heavy atom. The Balaban J connectivity index is 2.10. The van der Waals surface area contributed by atoms with E-state index in [1.165, 1.54) is 0 Å². The van der Waals surface area contributed by atoms with Gasteiger partial charge in [-0.2, -0.15) is 0 Å². The van der Waals surface area contributed by atoms with Gasteiger partial charge in [0, 0.05) is 24.2 Å². The summed E-state index contributed by atoms with van der Waals surface area (Å²) in [5.74, 6) is 0.244. The molecule has 94 valence electrons. The van der Waals surface area contributed by atoms with E-state index in [2.05, 4.69) is 37.4 Å². The number of hydrogen-bond acceptors (Lipinski definition) is 2. The third-order valence-electron chi connectivity index (χ3n) is 3.52. The second kappa shape index (κ2) is 3.87. The van der Waals surface area contributed by atoms with Gasteiger partial charge in [-0.05, 0) is 32.4 Å². The summed E-state index contributed by atoms with van der Waals surface area (Å²) in [6, 6.07) is 8.20. The Morgan fingerprint density at radius 2 is 2.06 bits per heavy atom. The maximum Gasteiger partial charge on any atom is 0.227 e. The van der Waals surface area contributed by atoms with Crippen LogP contribution >= 0.6 is 0 Å². The number of para-hydroxylation sites is 1. The number of nitrogens with one attached hydrogen (secondary N) is 1. The van der Waals surface area contributed by atoms with Gasteiger partial charge in [-0.15, -0.1) is 0 Å².